The Morgan fingerprint density at radius 1 is 1.33 bits per heavy atom. The number of benzene rings is 1. The lowest BCUT2D eigenvalue weighted by Gasteiger charge is -2.38. The van der Waals surface area contributed by atoms with Crippen molar-refractivity contribution in [2.45, 2.75) is 25.2 Å². The molecule has 10 heteroatoms. The van der Waals surface area contributed by atoms with Gasteiger partial charge in [0.1, 0.15) is 12.1 Å². The van der Waals surface area contributed by atoms with E-state index in [1.165, 1.54) is 15.9 Å². The van der Waals surface area contributed by atoms with Crippen LogP contribution < -0.4 is 15.5 Å². The summed E-state index contributed by atoms with van der Waals surface area (Å²) in [6.45, 7) is 1.47. The minimum Gasteiger partial charge on any atom is -0.443 e. The van der Waals surface area contributed by atoms with Crippen LogP contribution in [0, 0.1) is 5.92 Å². The van der Waals surface area contributed by atoms with Gasteiger partial charge in [-0.05, 0) is 25.1 Å². The Bertz CT molecular complexity index is 728. The number of rotatable bonds is 4. The van der Waals surface area contributed by atoms with Gasteiger partial charge in [-0.2, -0.15) is 13.2 Å². The fourth-order valence-electron chi connectivity index (χ4n) is 3.16. The number of ether oxygens (including phenoxy) is 2. The number of primary amides is 1. The summed E-state index contributed by atoms with van der Waals surface area (Å²) in [5.74, 6) is -1.26. The van der Waals surface area contributed by atoms with Crippen molar-refractivity contribution >= 4 is 23.4 Å². The van der Waals surface area contributed by atoms with E-state index in [0.29, 0.717) is 11.4 Å². The molecule has 0 aromatic heterocycles. The van der Waals surface area contributed by atoms with Crippen LogP contribution >= 0.6 is 0 Å². The molecule has 0 bridgehead atoms. The lowest BCUT2D eigenvalue weighted by molar-refractivity contribution is -0.167. The Labute approximate surface area is 153 Å². The molecule has 3 atom stereocenters. The zero-order valence-corrected chi connectivity index (χ0v) is 14.6. The molecule has 1 aromatic carbocycles. The summed E-state index contributed by atoms with van der Waals surface area (Å²) < 4.78 is 50.1. The number of amides is 2. The summed E-state index contributed by atoms with van der Waals surface area (Å²) in [6.07, 6.45) is -5.81. The minimum atomic E-state index is -4.44. The molecule has 0 spiro atoms. The van der Waals surface area contributed by atoms with E-state index in [2.05, 4.69) is 0 Å². The van der Waals surface area contributed by atoms with Crippen molar-refractivity contribution in [3.8, 4) is 0 Å². The second kappa shape index (κ2) is 7.26. The highest BCUT2D eigenvalue weighted by atomic mass is 19.4. The van der Waals surface area contributed by atoms with Crippen LogP contribution in [0.3, 0.4) is 0 Å². The van der Waals surface area contributed by atoms with Crippen LogP contribution in [0.4, 0.5) is 29.3 Å². The molecule has 3 rings (SSSR count). The standard InChI is InChI=1S/C17H20F3N3O4/c1-10(15(21)24)13-8-23(16(25)27-13)12-4-2-3-11(7-12)22-5-6-26-9-14(22)17(18,19)20/h2-4,7,10,13-14H,5-6,8-9H2,1H3,(H2,21,24)/t10-,13?,14?/m0/s1. The van der Waals surface area contributed by atoms with E-state index in [1.54, 1.807) is 25.1 Å². The fraction of sp³-hybridized carbons (Fsp3) is 0.529. The van der Waals surface area contributed by atoms with Crippen LogP contribution in [0.5, 0.6) is 0 Å². The number of carbonyl (C=O) groups is 2. The van der Waals surface area contributed by atoms with Crippen LogP contribution in [-0.2, 0) is 14.3 Å². The summed E-state index contributed by atoms with van der Waals surface area (Å²) in [7, 11) is 0. The number of morpholine rings is 1. The summed E-state index contributed by atoms with van der Waals surface area (Å²) in [4.78, 5) is 26.0. The van der Waals surface area contributed by atoms with Gasteiger partial charge >= 0.3 is 12.3 Å². The Morgan fingerprint density at radius 3 is 2.70 bits per heavy atom. The summed E-state index contributed by atoms with van der Waals surface area (Å²) >= 11 is 0. The molecule has 2 N–H and O–H groups in total. The summed E-state index contributed by atoms with van der Waals surface area (Å²) in [5.41, 5.74) is 5.97. The van der Waals surface area contributed by atoms with Crippen molar-refractivity contribution in [2.75, 3.05) is 36.1 Å². The van der Waals surface area contributed by atoms with Crippen LogP contribution in [-0.4, -0.2) is 56.6 Å². The molecule has 0 aliphatic carbocycles. The number of cyclic esters (lactones) is 1. The molecule has 2 heterocycles. The largest absolute Gasteiger partial charge is 0.443 e. The van der Waals surface area contributed by atoms with Crippen LogP contribution in [0.15, 0.2) is 24.3 Å². The number of nitrogens with zero attached hydrogens (tertiary/aromatic N) is 2. The number of anilines is 2. The smallest absolute Gasteiger partial charge is 0.414 e. The lowest BCUT2D eigenvalue weighted by atomic mass is 10.0. The van der Waals surface area contributed by atoms with Gasteiger partial charge in [0.05, 0.1) is 25.7 Å². The second-order valence-electron chi connectivity index (χ2n) is 6.57. The van der Waals surface area contributed by atoms with E-state index in [9.17, 15) is 22.8 Å². The number of nitrogens with two attached hydrogens (primary N) is 1. The third-order valence-electron chi connectivity index (χ3n) is 4.82. The monoisotopic (exact) mass is 387 g/mol. The van der Waals surface area contributed by atoms with Gasteiger partial charge in [0, 0.05) is 17.9 Å². The molecule has 2 aliphatic heterocycles. The molecule has 1 aromatic rings. The predicted molar refractivity (Wildman–Crippen MR) is 90.4 cm³/mol. The van der Waals surface area contributed by atoms with Crippen molar-refractivity contribution < 1.29 is 32.2 Å². The van der Waals surface area contributed by atoms with E-state index in [1.807, 2.05) is 0 Å². The third-order valence-corrected chi connectivity index (χ3v) is 4.82. The molecule has 7 nitrogen and oxygen atoms in total. The van der Waals surface area contributed by atoms with Crippen molar-refractivity contribution in [2.24, 2.45) is 11.7 Å². The van der Waals surface area contributed by atoms with E-state index < -0.39 is 42.8 Å². The quantitative estimate of drug-likeness (QED) is 0.853. The van der Waals surface area contributed by atoms with Gasteiger partial charge in [-0.15, -0.1) is 0 Å². The van der Waals surface area contributed by atoms with Gasteiger partial charge in [-0.3, -0.25) is 9.69 Å². The molecule has 2 saturated heterocycles. The van der Waals surface area contributed by atoms with Gasteiger partial charge in [0.25, 0.3) is 0 Å². The molecular weight excluding hydrogens is 367 g/mol. The number of hydrogen-bond acceptors (Lipinski definition) is 5. The SMILES string of the molecule is C[C@H](C(N)=O)C1CN(c2cccc(N3CCOCC3C(F)(F)F)c2)C(=O)O1. The number of hydrogen-bond donors (Lipinski definition) is 1. The number of halogens is 3. The molecule has 0 saturated carbocycles. The van der Waals surface area contributed by atoms with Gasteiger partial charge in [0.2, 0.25) is 5.91 Å². The first-order chi connectivity index (χ1) is 12.7. The van der Waals surface area contributed by atoms with Crippen molar-refractivity contribution in [1.82, 2.24) is 0 Å². The molecule has 27 heavy (non-hydrogen) atoms. The summed E-state index contributed by atoms with van der Waals surface area (Å²) in [5, 5.41) is 0. The van der Waals surface area contributed by atoms with E-state index in [4.69, 9.17) is 15.2 Å². The normalized spacial score (nSPS) is 24.7. The van der Waals surface area contributed by atoms with Gasteiger partial charge in [0.15, 0.2) is 0 Å². The van der Waals surface area contributed by atoms with Gasteiger partial charge in [-0.1, -0.05) is 6.07 Å². The van der Waals surface area contributed by atoms with E-state index >= 15 is 0 Å². The molecule has 2 aliphatic rings. The van der Waals surface area contributed by atoms with E-state index in [0.717, 1.165) is 0 Å². The topological polar surface area (TPSA) is 85.1 Å². The van der Waals surface area contributed by atoms with Crippen molar-refractivity contribution in [3.05, 3.63) is 24.3 Å². The van der Waals surface area contributed by atoms with Crippen LogP contribution in [0.1, 0.15) is 6.92 Å². The Hall–Kier alpha value is -2.49. The fourth-order valence-corrected chi connectivity index (χ4v) is 3.16. The van der Waals surface area contributed by atoms with Crippen LogP contribution in [0.25, 0.3) is 0 Å². The molecule has 148 valence electrons. The predicted octanol–water partition coefficient (Wildman–Crippen LogP) is 1.90. The highest BCUT2D eigenvalue weighted by Crippen LogP contribution is 2.34. The molecule has 2 fully saturated rings. The first-order valence-electron chi connectivity index (χ1n) is 8.47. The highest BCUT2D eigenvalue weighted by molar-refractivity contribution is 5.91. The highest BCUT2D eigenvalue weighted by Gasteiger charge is 2.45. The maximum Gasteiger partial charge on any atom is 0.414 e. The van der Waals surface area contributed by atoms with Crippen LogP contribution in [0.2, 0.25) is 0 Å². The number of carbonyl (C=O) groups excluding carboxylic acids is 2. The molecule has 2 amide bonds. The van der Waals surface area contributed by atoms with Gasteiger partial charge < -0.3 is 20.1 Å². The Kier molecular flexibility index (Phi) is 5.18. The van der Waals surface area contributed by atoms with Crippen molar-refractivity contribution in [1.29, 1.82) is 0 Å². The minimum absolute atomic E-state index is 0.0827. The molecular formula is C17H20F3N3O4. The molecule has 2 unspecified atom stereocenters. The zero-order valence-electron chi connectivity index (χ0n) is 14.6. The van der Waals surface area contributed by atoms with Crippen molar-refractivity contribution in [3.63, 3.8) is 0 Å². The first-order valence-corrected chi connectivity index (χ1v) is 8.47. The maximum atomic E-state index is 13.3. The first kappa shape index (κ1) is 19.3. The molecule has 0 radical (unpaired) electrons. The lowest BCUT2D eigenvalue weighted by Crippen LogP contribution is -2.53. The zero-order chi connectivity index (χ0) is 19.8. The Balaban J connectivity index is 1.83. The average Bonchev–Trinajstić information content (AvgIpc) is 3.02. The third kappa shape index (κ3) is 3.95. The Morgan fingerprint density at radius 2 is 2.04 bits per heavy atom. The second-order valence-corrected chi connectivity index (χ2v) is 6.57. The number of alkyl halides is 3. The van der Waals surface area contributed by atoms with Gasteiger partial charge in [-0.25, -0.2) is 4.79 Å². The average molecular weight is 387 g/mol. The van der Waals surface area contributed by atoms with E-state index in [-0.39, 0.29) is 19.7 Å². The summed E-state index contributed by atoms with van der Waals surface area (Å²) in [6, 6.07) is 4.48. The maximum absolute atomic E-state index is 13.3.